The zero-order chi connectivity index (χ0) is 16.2. The molecule has 1 saturated carbocycles. The third-order valence-corrected chi connectivity index (χ3v) is 5.09. The number of hydrogen-bond acceptors (Lipinski definition) is 3. The zero-order valence-corrected chi connectivity index (χ0v) is 14.5. The van der Waals surface area contributed by atoms with Crippen LogP contribution in [0.15, 0.2) is 23.6 Å². The van der Waals surface area contributed by atoms with Crippen LogP contribution in [0, 0.1) is 13.8 Å². The van der Waals surface area contributed by atoms with Gasteiger partial charge in [0, 0.05) is 17.0 Å². The van der Waals surface area contributed by atoms with Gasteiger partial charge in [-0.05, 0) is 38.3 Å². The molecule has 5 heteroatoms. The summed E-state index contributed by atoms with van der Waals surface area (Å²) < 4.78 is 0. The number of carbonyl (C=O) groups excluding carboxylic acids is 1. The van der Waals surface area contributed by atoms with E-state index >= 15 is 0 Å². The first-order valence-electron chi connectivity index (χ1n) is 8.22. The largest absolute Gasteiger partial charge is 0.335 e. The van der Waals surface area contributed by atoms with Gasteiger partial charge in [0.05, 0.1) is 5.69 Å². The van der Waals surface area contributed by atoms with Gasteiger partial charge in [0.15, 0.2) is 5.13 Å². The summed E-state index contributed by atoms with van der Waals surface area (Å²) in [4.78, 5) is 16.7. The summed E-state index contributed by atoms with van der Waals surface area (Å²) >= 11 is 1.47. The summed E-state index contributed by atoms with van der Waals surface area (Å²) in [5.41, 5.74) is 4.45. The molecule has 1 aliphatic rings. The molecule has 1 aliphatic carbocycles. The van der Waals surface area contributed by atoms with E-state index in [2.05, 4.69) is 47.7 Å². The smallest absolute Gasteiger partial charge is 0.321 e. The average Bonchev–Trinajstić information content (AvgIpc) is 2.98. The van der Waals surface area contributed by atoms with Crippen LogP contribution in [0.2, 0.25) is 0 Å². The molecule has 0 radical (unpaired) electrons. The van der Waals surface area contributed by atoms with Crippen LogP contribution in [0.4, 0.5) is 9.93 Å². The van der Waals surface area contributed by atoms with Gasteiger partial charge in [-0.2, -0.15) is 0 Å². The van der Waals surface area contributed by atoms with E-state index in [1.54, 1.807) is 0 Å². The van der Waals surface area contributed by atoms with Crippen LogP contribution >= 0.6 is 11.3 Å². The summed E-state index contributed by atoms with van der Waals surface area (Å²) in [7, 11) is 0. The molecule has 2 amide bonds. The van der Waals surface area contributed by atoms with Crippen LogP contribution < -0.4 is 10.6 Å². The Morgan fingerprint density at radius 3 is 2.78 bits per heavy atom. The molecule has 1 fully saturated rings. The lowest BCUT2D eigenvalue weighted by Gasteiger charge is -2.22. The third kappa shape index (κ3) is 4.10. The molecule has 1 aromatic carbocycles. The predicted molar refractivity (Wildman–Crippen MR) is 96.1 cm³/mol. The van der Waals surface area contributed by atoms with Crippen LogP contribution in [0.1, 0.15) is 43.2 Å². The molecule has 0 aliphatic heterocycles. The fraction of sp³-hybridized carbons (Fsp3) is 0.444. The maximum absolute atomic E-state index is 12.1. The number of amides is 2. The summed E-state index contributed by atoms with van der Waals surface area (Å²) in [5, 5.41) is 8.57. The number of anilines is 1. The Balaban J connectivity index is 1.64. The Morgan fingerprint density at radius 2 is 2.00 bits per heavy atom. The highest BCUT2D eigenvalue weighted by molar-refractivity contribution is 7.14. The lowest BCUT2D eigenvalue weighted by molar-refractivity contribution is 0.244. The molecule has 0 atom stereocenters. The molecule has 23 heavy (non-hydrogen) atoms. The van der Waals surface area contributed by atoms with Gasteiger partial charge in [0.2, 0.25) is 0 Å². The SMILES string of the molecule is Cc1ccc(C)c(-c2csc(NC(=O)NC3CCCCC3)n2)c1. The molecular formula is C18H23N3OS. The number of rotatable bonds is 3. The first-order valence-corrected chi connectivity index (χ1v) is 9.10. The first-order chi connectivity index (χ1) is 11.1. The number of aryl methyl sites for hydroxylation is 2. The second-order valence-electron chi connectivity index (χ2n) is 6.29. The third-order valence-electron chi connectivity index (χ3n) is 4.33. The van der Waals surface area contributed by atoms with Gasteiger partial charge in [-0.25, -0.2) is 9.78 Å². The van der Waals surface area contributed by atoms with E-state index in [1.807, 2.05) is 5.38 Å². The monoisotopic (exact) mass is 329 g/mol. The molecule has 122 valence electrons. The second kappa shape index (κ2) is 7.13. The maximum atomic E-state index is 12.1. The van der Waals surface area contributed by atoms with Crippen molar-refractivity contribution in [3.05, 3.63) is 34.7 Å². The van der Waals surface area contributed by atoms with Crippen LogP contribution in [0.3, 0.4) is 0 Å². The van der Waals surface area contributed by atoms with Crippen molar-refractivity contribution in [2.75, 3.05) is 5.32 Å². The van der Waals surface area contributed by atoms with Gasteiger partial charge < -0.3 is 5.32 Å². The zero-order valence-electron chi connectivity index (χ0n) is 13.7. The Kier molecular flexibility index (Phi) is 4.96. The molecule has 2 N–H and O–H groups in total. The van der Waals surface area contributed by atoms with Crippen molar-refractivity contribution in [3.8, 4) is 11.3 Å². The molecular weight excluding hydrogens is 306 g/mol. The van der Waals surface area contributed by atoms with Crippen LogP contribution in [0.25, 0.3) is 11.3 Å². The topological polar surface area (TPSA) is 54.0 Å². The number of thiazole rings is 1. The molecule has 1 aromatic heterocycles. The average molecular weight is 329 g/mol. The van der Waals surface area contributed by atoms with Gasteiger partial charge in [-0.1, -0.05) is 37.0 Å². The minimum atomic E-state index is -0.140. The normalized spacial score (nSPS) is 15.4. The molecule has 3 rings (SSSR count). The van der Waals surface area contributed by atoms with Gasteiger partial charge in [0.1, 0.15) is 0 Å². The highest BCUT2D eigenvalue weighted by atomic mass is 32.1. The van der Waals surface area contributed by atoms with Crippen molar-refractivity contribution < 1.29 is 4.79 Å². The number of hydrogen-bond donors (Lipinski definition) is 2. The number of nitrogens with one attached hydrogen (secondary N) is 2. The maximum Gasteiger partial charge on any atom is 0.321 e. The highest BCUT2D eigenvalue weighted by Crippen LogP contribution is 2.28. The summed E-state index contributed by atoms with van der Waals surface area (Å²) in [6.07, 6.45) is 5.86. The van der Waals surface area contributed by atoms with Gasteiger partial charge in [0.25, 0.3) is 0 Å². The number of benzene rings is 1. The summed E-state index contributed by atoms with van der Waals surface area (Å²) in [6, 6.07) is 6.51. The molecule has 0 bridgehead atoms. The first kappa shape index (κ1) is 16.0. The fourth-order valence-electron chi connectivity index (χ4n) is 3.03. The van der Waals surface area contributed by atoms with E-state index in [1.165, 1.54) is 41.7 Å². The van der Waals surface area contributed by atoms with Crippen molar-refractivity contribution in [1.82, 2.24) is 10.3 Å². The van der Waals surface area contributed by atoms with E-state index in [0.29, 0.717) is 11.2 Å². The minimum absolute atomic E-state index is 0.140. The van der Waals surface area contributed by atoms with Crippen molar-refractivity contribution >= 4 is 22.5 Å². The van der Waals surface area contributed by atoms with E-state index in [-0.39, 0.29) is 6.03 Å². The quantitative estimate of drug-likeness (QED) is 0.843. The van der Waals surface area contributed by atoms with E-state index < -0.39 is 0 Å². The van der Waals surface area contributed by atoms with Gasteiger partial charge in [-0.3, -0.25) is 5.32 Å². The molecule has 1 heterocycles. The highest BCUT2D eigenvalue weighted by Gasteiger charge is 2.16. The Labute approximate surface area is 141 Å². The van der Waals surface area contributed by atoms with E-state index in [0.717, 1.165) is 24.1 Å². The molecule has 0 saturated heterocycles. The summed E-state index contributed by atoms with van der Waals surface area (Å²) in [5.74, 6) is 0. The lowest BCUT2D eigenvalue weighted by atomic mass is 9.96. The van der Waals surface area contributed by atoms with E-state index in [9.17, 15) is 4.79 Å². The van der Waals surface area contributed by atoms with Gasteiger partial charge >= 0.3 is 6.03 Å². The molecule has 0 unspecified atom stereocenters. The number of urea groups is 1. The van der Waals surface area contributed by atoms with Crippen LogP contribution in [-0.4, -0.2) is 17.1 Å². The van der Waals surface area contributed by atoms with Crippen LogP contribution in [0.5, 0.6) is 0 Å². The molecule has 0 spiro atoms. The standard InChI is InChI=1S/C18H23N3OS/c1-12-8-9-13(2)15(10-12)16-11-23-18(20-16)21-17(22)19-14-6-4-3-5-7-14/h8-11,14H,3-7H2,1-2H3,(H2,19,20,21,22). The minimum Gasteiger partial charge on any atom is -0.335 e. The van der Waals surface area contributed by atoms with Crippen molar-refractivity contribution in [2.45, 2.75) is 52.0 Å². The Bertz CT molecular complexity index is 689. The van der Waals surface area contributed by atoms with Crippen molar-refractivity contribution in [2.24, 2.45) is 0 Å². The molecule has 4 nitrogen and oxygen atoms in total. The van der Waals surface area contributed by atoms with Gasteiger partial charge in [-0.15, -0.1) is 11.3 Å². The van der Waals surface area contributed by atoms with E-state index in [4.69, 9.17) is 0 Å². The van der Waals surface area contributed by atoms with Crippen molar-refractivity contribution in [1.29, 1.82) is 0 Å². The Morgan fingerprint density at radius 1 is 1.22 bits per heavy atom. The fourth-order valence-corrected chi connectivity index (χ4v) is 3.74. The Hall–Kier alpha value is -1.88. The molecule has 2 aromatic rings. The number of carbonyl (C=O) groups is 1. The number of nitrogens with zero attached hydrogens (tertiary/aromatic N) is 1. The lowest BCUT2D eigenvalue weighted by Crippen LogP contribution is -2.38. The number of aromatic nitrogens is 1. The summed E-state index contributed by atoms with van der Waals surface area (Å²) in [6.45, 7) is 4.16. The second-order valence-corrected chi connectivity index (χ2v) is 7.15. The predicted octanol–water partition coefficient (Wildman–Crippen LogP) is 4.88. The van der Waals surface area contributed by atoms with Crippen LogP contribution in [-0.2, 0) is 0 Å². The van der Waals surface area contributed by atoms with Crippen molar-refractivity contribution in [3.63, 3.8) is 0 Å².